The number of benzene rings is 1. The Balaban J connectivity index is 2.90. The first kappa shape index (κ1) is 13.0. The van der Waals surface area contributed by atoms with Crippen LogP contribution in [0.5, 0.6) is 0 Å². The number of nitrogens with zero attached hydrogens (tertiary/aromatic N) is 1. The van der Waals surface area contributed by atoms with Crippen molar-refractivity contribution in [3.05, 3.63) is 29.3 Å². The van der Waals surface area contributed by atoms with Gasteiger partial charge >= 0.3 is 0 Å². The molecular weight excluding hydrogens is 200 g/mol. The highest BCUT2D eigenvalue weighted by Crippen LogP contribution is 2.21. The van der Waals surface area contributed by atoms with Crippen molar-refractivity contribution in [3.8, 4) is 0 Å². The number of likely N-dealkylation sites (N-methyl/N-ethyl adjacent to an activating group) is 1. The zero-order valence-corrected chi connectivity index (χ0v) is 10.5. The minimum absolute atomic E-state index is 0.584. The molecule has 3 nitrogen and oxygen atoms in total. The highest BCUT2D eigenvalue weighted by atomic mass is 16.5. The van der Waals surface area contributed by atoms with Crippen LogP contribution in [0.25, 0.3) is 0 Å². The molecule has 16 heavy (non-hydrogen) atoms. The first-order valence-electron chi connectivity index (χ1n) is 5.76. The summed E-state index contributed by atoms with van der Waals surface area (Å²) in [7, 11) is 1.73. The number of aryl methyl sites for hydroxylation is 1. The fourth-order valence-electron chi connectivity index (χ4n) is 1.84. The summed E-state index contributed by atoms with van der Waals surface area (Å²) in [6.45, 7) is 7.44. The number of hydrogen-bond donors (Lipinski definition) is 1. The number of nitrogens with two attached hydrogens (primary N) is 1. The molecule has 3 heteroatoms. The normalized spacial score (nSPS) is 10.5. The Morgan fingerprint density at radius 3 is 2.69 bits per heavy atom. The predicted octanol–water partition coefficient (Wildman–Crippen LogP) is 1.93. The van der Waals surface area contributed by atoms with Gasteiger partial charge in [-0.25, -0.2) is 0 Å². The largest absolute Gasteiger partial charge is 0.383 e. The maximum atomic E-state index is 5.78. The molecule has 2 N–H and O–H groups in total. The van der Waals surface area contributed by atoms with Crippen molar-refractivity contribution < 1.29 is 4.74 Å². The average Bonchev–Trinajstić information content (AvgIpc) is 2.31. The Morgan fingerprint density at radius 1 is 1.38 bits per heavy atom. The maximum Gasteiger partial charge on any atom is 0.0637 e. The highest BCUT2D eigenvalue weighted by Gasteiger charge is 2.08. The molecule has 0 aliphatic heterocycles. The lowest BCUT2D eigenvalue weighted by atomic mass is 10.1. The van der Waals surface area contributed by atoms with E-state index in [1.807, 2.05) is 0 Å². The number of hydrogen-bond acceptors (Lipinski definition) is 3. The van der Waals surface area contributed by atoms with Crippen molar-refractivity contribution in [3.63, 3.8) is 0 Å². The summed E-state index contributed by atoms with van der Waals surface area (Å²) in [5.74, 6) is 0. The second-order valence-corrected chi connectivity index (χ2v) is 3.91. The molecule has 90 valence electrons. The fourth-order valence-corrected chi connectivity index (χ4v) is 1.84. The van der Waals surface area contributed by atoms with E-state index in [2.05, 4.69) is 36.9 Å². The van der Waals surface area contributed by atoms with Gasteiger partial charge in [0.15, 0.2) is 0 Å². The van der Waals surface area contributed by atoms with Gasteiger partial charge in [0.05, 0.1) is 6.61 Å². The van der Waals surface area contributed by atoms with Gasteiger partial charge in [-0.1, -0.05) is 17.7 Å². The smallest absolute Gasteiger partial charge is 0.0637 e. The van der Waals surface area contributed by atoms with Crippen LogP contribution in [-0.4, -0.2) is 26.8 Å². The summed E-state index contributed by atoms with van der Waals surface area (Å²) in [5, 5.41) is 0. The van der Waals surface area contributed by atoms with E-state index < -0.39 is 0 Å². The Bertz CT molecular complexity index is 326. The van der Waals surface area contributed by atoms with E-state index in [-0.39, 0.29) is 0 Å². The predicted molar refractivity (Wildman–Crippen MR) is 68.8 cm³/mol. The zero-order valence-electron chi connectivity index (χ0n) is 10.5. The molecule has 0 bridgehead atoms. The minimum Gasteiger partial charge on any atom is -0.383 e. The molecular formula is C13H22N2O. The zero-order chi connectivity index (χ0) is 12.0. The molecule has 0 saturated heterocycles. The third-order valence-corrected chi connectivity index (χ3v) is 2.74. The van der Waals surface area contributed by atoms with Gasteiger partial charge in [0, 0.05) is 32.4 Å². The molecule has 1 aromatic rings. The fraction of sp³-hybridized carbons (Fsp3) is 0.538. The molecule has 0 atom stereocenters. The number of ether oxygens (including phenoxy) is 1. The lowest BCUT2D eigenvalue weighted by molar-refractivity contribution is 0.205. The van der Waals surface area contributed by atoms with E-state index >= 15 is 0 Å². The van der Waals surface area contributed by atoms with Gasteiger partial charge < -0.3 is 15.4 Å². The van der Waals surface area contributed by atoms with E-state index in [1.54, 1.807) is 7.11 Å². The van der Waals surface area contributed by atoms with Crippen LogP contribution < -0.4 is 10.6 Å². The van der Waals surface area contributed by atoms with E-state index in [9.17, 15) is 0 Å². The molecule has 0 spiro atoms. The first-order chi connectivity index (χ1) is 7.72. The summed E-state index contributed by atoms with van der Waals surface area (Å²) in [6.07, 6.45) is 0. The number of anilines is 1. The molecule has 1 aromatic carbocycles. The lowest BCUT2D eigenvalue weighted by Crippen LogP contribution is -2.28. The van der Waals surface area contributed by atoms with Gasteiger partial charge in [0.2, 0.25) is 0 Å². The maximum absolute atomic E-state index is 5.78. The van der Waals surface area contributed by atoms with Crippen LogP contribution in [0.3, 0.4) is 0 Å². The molecule has 0 aromatic heterocycles. The molecule has 0 amide bonds. The first-order valence-corrected chi connectivity index (χ1v) is 5.76. The SMILES string of the molecule is CCN(CCOC)c1ccc(C)cc1CN. The van der Waals surface area contributed by atoms with Crippen LogP contribution in [-0.2, 0) is 11.3 Å². The lowest BCUT2D eigenvalue weighted by Gasteiger charge is -2.25. The van der Waals surface area contributed by atoms with Crippen molar-refractivity contribution >= 4 is 5.69 Å². The summed E-state index contributed by atoms with van der Waals surface area (Å²) in [5.41, 5.74) is 9.47. The van der Waals surface area contributed by atoms with Gasteiger partial charge in [0.25, 0.3) is 0 Å². The van der Waals surface area contributed by atoms with Gasteiger partial charge in [-0.3, -0.25) is 0 Å². The van der Waals surface area contributed by atoms with E-state index in [1.165, 1.54) is 16.8 Å². The van der Waals surface area contributed by atoms with E-state index in [0.717, 1.165) is 19.7 Å². The van der Waals surface area contributed by atoms with Crippen molar-refractivity contribution in [2.45, 2.75) is 20.4 Å². The van der Waals surface area contributed by atoms with Crippen LogP contribution in [0.4, 0.5) is 5.69 Å². The van der Waals surface area contributed by atoms with Crippen molar-refractivity contribution in [2.75, 3.05) is 31.7 Å². The third kappa shape index (κ3) is 3.22. The molecule has 1 rings (SSSR count). The Labute approximate surface area is 98.2 Å². The van der Waals surface area contributed by atoms with Crippen LogP contribution in [0.15, 0.2) is 18.2 Å². The summed E-state index contributed by atoms with van der Waals surface area (Å²) < 4.78 is 5.12. The highest BCUT2D eigenvalue weighted by molar-refractivity contribution is 5.54. The average molecular weight is 222 g/mol. The van der Waals surface area contributed by atoms with Crippen molar-refractivity contribution in [2.24, 2.45) is 5.73 Å². The molecule has 0 radical (unpaired) electrons. The van der Waals surface area contributed by atoms with E-state index in [4.69, 9.17) is 10.5 Å². The second-order valence-electron chi connectivity index (χ2n) is 3.91. The van der Waals surface area contributed by atoms with Crippen LogP contribution >= 0.6 is 0 Å². The second kappa shape index (κ2) is 6.51. The molecule has 0 saturated carbocycles. The van der Waals surface area contributed by atoms with Crippen LogP contribution in [0, 0.1) is 6.92 Å². The van der Waals surface area contributed by atoms with Gasteiger partial charge in [-0.05, 0) is 25.5 Å². The molecule has 0 aliphatic rings. The summed E-state index contributed by atoms with van der Waals surface area (Å²) in [4.78, 5) is 2.30. The van der Waals surface area contributed by atoms with Gasteiger partial charge in [-0.2, -0.15) is 0 Å². The Morgan fingerprint density at radius 2 is 2.12 bits per heavy atom. The quantitative estimate of drug-likeness (QED) is 0.799. The summed E-state index contributed by atoms with van der Waals surface area (Å²) >= 11 is 0. The molecule has 0 unspecified atom stereocenters. The molecule has 0 heterocycles. The minimum atomic E-state index is 0.584. The topological polar surface area (TPSA) is 38.5 Å². The summed E-state index contributed by atoms with van der Waals surface area (Å²) in [6, 6.07) is 6.44. The van der Waals surface area contributed by atoms with Crippen molar-refractivity contribution in [1.29, 1.82) is 0 Å². The number of methoxy groups -OCH3 is 1. The molecule has 0 fully saturated rings. The van der Waals surface area contributed by atoms with Crippen LogP contribution in [0.1, 0.15) is 18.1 Å². The van der Waals surface area contributed by atoms with Crippen LogP contribution in [0.2, 0.25) is 0 Å². The molecule has 0 aliphatic carbocycles. The third-order valence-electron chi connectivity index (χ3n) is 2.74. The Hall–Kier alpha value is -1.06. The van der Waals surface area contributed by atoms with Crippen molar-refractivity contribution in [1.82, 2.24) is 0 Å². The monoisotopic (exact) mass is 222 g/mol. The number of rotatable bonds is 6. The van der Waals surface area contributed by atoms with E-state index in [0.29, 0.717) is 6.54 Å². The van der Waals surface area contributed by atoms with Gasteiger partial charge in [-0.15, -0.1) is 0 Å². The van der Waals surface area contributed by atoms with Gasteiger partial charge in [0.1, 0.15) is 0 Å². The standard InChI is InChI=1S/C13H22N2O/c1-4-15(7-8-16-3)13-6-5-11(2)9-12(13)10-14/h5-6,9H,4,7-8,10,14H2,1-3H3. The Kier molecular flexibility index (Phi) is 5.29.